The quantitative estimate of drug-likeness (QED) is 0.421. The molecular formula is C28H33N3O6. The van der Waals surface area contributed by atoms with E-state index >= 15 is 0 Å². The van der Waals surface area contributed by atoms with Crippen molar-refractivity contribution < 1.29 is 28.7 Å². The topological polar surface area (TPSA) is 115 Å². The lowest BCUT2D eigenvalue weighted by atomic mass is 9.87. The molecule has 2 atom stereocenters. The first kappa shape index (κ1) is 26.2. The summed E-state index contributed by atoms with van der Waals surface area (Å²) in [6.45, 7) is 4.17. The second-order valence-corrected chi connectivity index (χ2v) is 9.51. The molecule has 2 aromatic heterocycles. The Kier molecular flexibility index (Phi) is 8.43. The summed E-state index contributed by atoms with van der Waals surface area (Å²) in [7, 11) is 1.71. The summed E-state index contributed by atoms with van der Waals surface area (Å²) < 4.78 is 17.2. The van der Waals surface area contributed by atoms with Crippen molar-refractivity contribution >= 4 is 12.1 Å². The predicted molar refractivity (Wildman–Crippen MR) is 136 cm³/mol. The van der Waals surface area contributed by atoms with Gasteiger partial charge in [0.1, 0.15) is 18.1 Å². The lowest BCUT2D eigenvalue weighted by Gasteiger charge is -2.27. The molecule has 1 aliphatic rings. The third-order valence-electron chi connectivity index (χ3n) is 6.75. The number of nitrogens with zero attached hydrogens (tertiary/aromatic N) is 3. The van der Waals surface area contributed by atoms with Gasteiger partial charge in [-0.05, 0) is 63.6 Å². The molecule has 1 N–H and O–H groups in total. The fourth-order valence-corrected chi connectivity index (χ4v) is 4.49. The molecule has 9 nitrogen and oxygen atoms in total. The van der Waals surface area contributed by atoms with Crippen molar-refractivity contribution in [3.63, 3.8) is 0 Å². The van der Waals surface area contributed by atoms with Gasteiger partial charge in [0.05, 0.1) is 29.0 Å². The second-order valence-electron chi connectivity index (χ2n) is 9.51. The zero-order chi connectivity index (χ0) is 26.4. The van der Waals surface area contributed by atoms with Gasteiger partial charge in [0.15, 0.2) is 5.76 Å². The summed E-state index contributed by atoms with van der Waals surface area (Å²) in [5, 5.41) is 13.4. The third-order valence-corrected chi connectivity index (χ3v) is 6.75. The molecule has 1 fully saturated rings. The van der Waals surface area contributed by atoms with Crippen LogP contribution in [0.1, 0.15) is 48.2 Å². The monoisotopic (exact) mass is 507 g/mol. The van der Waals surface area contributed by atoms with E-state index in [-0.39, 0.29) is 18.6 Å². The average molecular weight is 508 g/mol. The van der Waals surface area contributed by atoms with Crippen LogP contribution in [0.2, 0.25) is 0 Å². The first-order valence-corrected chi connectivity index (χ1v) is 12.6. The molecule has 1 amide bonds. The molecule has 37 heavy (non-hydrogen) atoms. The molecule has 1 aliphatic carbocycles. The Bertz CT molecular complexity index is 1230. The van der Waals surface area contributed by atoms with Gasteiger partial charge in [-0.1, -0.05) is 35.5 Å². The minimum atomic E-state index is -0.769. The van der Waals surface area contributed by atoms with Crippen LogP contribution in [-0.4, -0.2) is 51.9 Å². The van der Waals surface area contributed by atoms with E-state index in [2.05, 4.69) is 10.1 Å². The van der Waals surface area contributed by atoms with Crippen LogP contribution in [0.3, 0.4) is 0 Å². The lowest BCUT2D eigenvalue weighted by molar-refractivity contribution is -0.143. The molecular weight excluding hydrogens is 474 g/mol. The van der Waals surface area contributed by atoms with E-state index in [0.717, 1.165) is 24.8 Å². The maximum atomic E-state index is 12.6. The highest BCUT2D eigenvalue weighted by molar-refractivity contribution is 5.70. The first-order valence-electron chi connectivity index (χ1n) is 12.6. The highest BCUT2D eigenvalue weighted by Crippen LogP contribution is 2.31. The molecule has 0 saturated heterocycles. The standard InChI is InChI=1S/C28H33N3O6/c1-18-23(17-35-28(34)31(3)15-14-20-8-5-4-6-9-20)26(37-30-18)24-12-13-25(19(2)29-24)36-22-11-7-10-21(16-22)27(32)33/h4-6,8-9,12-13,21-22H,7,10-11,14-17H2,1-3H3,(H,32,33)/t21-,22-/m0/s1. The normalized spacial score (nSPS) is 17.3. The van der Waals surface area contributed by atoms with Gasteiger partial charge in [-0.25, -0.2) is 9.78 Å². The molecule has 0 radical (unpaired) electrons. The number of carbonyl (C=O) groups is 2. The van der Waals surface area contributed by atoms with E-state index in [1.165, 1.54) is 0 Å². The van der Waals surface area contributed by atoms with Crippen LogP contribution in [0.25, 0.3) is 11.5 Å². The highest BCUT2D eigenvalue weighted by atomic mass is 16.6. The third kappa shape index (κ3) is 6.67. The Hall–Kier alpha value is -3.88. The van der Waals surface area contributed by atoms with E-state index in [9.17, 15) is 14.7 Å². The van der Waals surface area contributed by atoms with E-state index < -0.39 is 12.1 Å². The molecule has 2 heterocycles. The van der Waals surface area contributed by atoms with Crippen LogP contribution in [-0.2, 0) is 22.6 Å². The summed E-state index contributed by atoms with van der Waals surface area (Å²) >= 11 is 0. The van der Waals surface area contributed by atoms with Gasteiger partial charge < -0.3 is 24.0 Å². The maximum Gasteiger partial charge on any atom is 0.409 e. The number of aliphatic carboxylic acids is 1. The van der Waals surface area contributed by atoms with Gasteiger partial charge in [0.25, 0.3) is 0 Å². The summed E-state index contributed by atoms with van der Waals surface area (Å²) in [6, 6.07) is 13.6. The summed E-state index contributed by atoms with van der Waals surface area (Å²) in [6.07, 6.45) is 2.98. The molecule has 0 spiro atoms. The van der Waals surface area contributed by atoms with Gasteiger partial charge >= 0.3 is 12.1 Å². The number of aromatic nitrogens is 2. The summed E-state index contributed by atoms with van der Waals surface area (Å²) in [5.74, 6) is -0.0829. The lowest BCUT2D eigenvalue weighted by Crippen LogP contribution is -2.29. The molecule has 0 aliphatic heterocycles. The Morgan fingerprint density at radius 3 is 2.62 bits per heavy atom. The number of hydrogen-bond donors (Lipinski definition) is 1. The molecule has 9 heteroatoms. The zero-order valence-electron chi connectivity index (χ0n) is 21.5. The summed E-state index contributed by atoms with van der Waals surface area (Å²) in [4.78, 5) is 30.1. The number of rotatable bonds is 9. The molecule has 196 valence electrons. The van der Waals surface area contributed by atoms with Gasteiger partial charge in [-0.3, -0.25) is 4.79 Å². The number of carboxylic acid groups (broad SMARTS) is 1. The van der Waals surface area contributed by atoms with Crippen LogP contribution in [0.4, 0.5) is 4.79 Å². The Balaban J connectivity index is 1.38. The number of amides is 1. The van der Waals surface area contributed by atoms with Crippen molar-refractivity contribution in [2.24, 2.45) is 5.92 Å². The average Bonchev–Trinajstić information content (AvgIpc) is 3.27. The van der Waals surface area contributed by atoms with Crippen molar-refractivity contribution in [1.82, 2.24) is 15.0 Å². The molecule has 4 rings (SSSR count). The van der Waals surface area contributed by atoms with Crippen LogP contribution in [0, 0.1) is 19.8 Å². The van der Waals surface area contributed by atoms with Crippen LogP contribution in [0.5, 0.6) is 5.75 Å². The van der Waals surface area contributed by atoms with Gasteiger partial charge in [0.2, 0.25) is 0 Å². The fraction of sp³-hybridized carbons (Fsp3) is 0.429. The minimum Gasteiger partial charge on any atom is -0.489 e. The number of aryl methyl sites for hydroxylation is 2. The Morgan fingerprint density at radius 1 is 1.11 bits per heavy atom. The molecule has 0 unspecified atom stereocenters. The maximum absolute atomic E-state index is 12.6. The number of carboxylic acids is 1. The Morgan fingerprint density at radius 2 is 1.89 bits per heavy atom. The molecule has 1 saturated carbocycles. The SMILES string of the molecule is Cc1nc(-c2onc(C)c2COC(=O)N(C)CCc2ccccc2)ccc1O[C@H]1CCC[C@H](C(=O)O)C1. The van der Waals surface area contributed by atoms with Crippen molar-refractivity contribution in [3.8, 4) is 17.2 Å². The van der Waals surface area contributed by atoms with Crippen LogP contribution in [0.15, 0.2) is 47.0 Å². The first-order chi connectivity index (χ1) is 17.8. The Labute approximate surface area is 216 Å². The zero-order valence-corrected chi connectivity index (χ0v) is 21.5. The van der Waals surface area contributed by atoms with Crippen LogP contribution < -0.4 is 4.74 Å². The van der Waals surface area contributed by atoms with Gasteiger partial charge in [-0.15, -0.1) is 0 Å². The number of ether oxygens (including phenoxy) is 2. The number of hydrogen-bond acceptors (Lipinski definition) is 7. The molecule has 1 aromatic carbocycles. The largest absolute Gasteiger partial charge is 0.489 e. The molecule has 0 bridgehead atoms. The molecule has 3 aromatic rings. The number of likely N-dealkylation sites (N-methyl/N-ethyl adjacent to an activating group) is 1. The van der Waals surface area contributed by atoms with Gasteiger partial charge in [0, 0.05) is 13.6 Å². The smallest absolute Gasteiger partial charge is 0.409 e. The predicted octanol–water partition coefficient (Wildman–Crippen LogP) is 5.19. The van der Waals surface area contributed by atoms with Gasteiger partial charge in [-0.2, -0.15) is 0 Å². The second kappa shape index (κ2) is 11.9. The number of benzene rings is 1. The van der Waals surface area contributed by atoms with Crippen molar-refractivity contribution in [3.05, 3.63) is 65.0 Å². The minimum absolute atomic E-state index is 0.0107. The van der Waals surface area contributed by atoms with Crippen LogP contribution >= 0.6 is 0 Å². The van der Waals surface area contributed by atoms with E-state index in [1.54, 1.807) is 24.9 Å². The summed E-state index contributed by atoms with van der Waals surface area (Å²) in [5.41, 5.74) is 3.64. The number of pyridine rings is 1. The van der Waals surface area contributed by atoms with E-state index in [0.29, 0.717) is 53.5 Å². The van der Waals surface area contributed by atoms with Crippen molar-refractivity contribution in [2.75, 3.05) is 13.6 Å². The number of carbonyl (C=O) groups excluding carboxylic acids is 1. The van der Waals surface area contributed by atoms with Crippen molar-refractivity contribution in [1.29, 1.82) is 0 Å². The van der Waals surface area contributed by atoms with E-state index in [1.807, 2.05) is 43.3 Å². The highest BCUT2D eigenvalue weighted by Gasteiger charge is 2.28. The fourth-order valence-electron chi connectivity index (χ4n) is 4.49. The van der Waals surface area contributed by atoms with Crippen molar-refractivity contribution in [2.45, 2.75) is 58.7 Å². The van der Waals surface area contributed by atoms with E-state index in [4.69, 9.17) is 14.0 Å².